The third-order valence-corrected chi connectivity index (χ3v) is 14.0. The molecule has 0 spiro atoms. The van der Waals surface area contributed by atoms with Crippen molar-refractivity contribution in [3.8, 4) is 73.9 Å². The second-order valence-corrected chi connectivity index (χ2v) is 18.8. The van der Waals surface area contributed by atoms with E-state index < -0.39 is 0 Å². The summed E-state index contributed by atoms with van der Waals surface area (Å²) in [5.41, 5.74) is 13.8. The maximum absolute atomic E-state index is 6.64. The van der Waals surface area contributed by atoms with Gasteiger partial charge in [-0.15, -0.1) is 0 Å². The Bertz CT molecular complexity index is 4530. The molecule has 0 saturated carbocycles. The molecular formula is C66H40N8O3. The Morgan fingerprint density at radius 3 is 1.55 bits per heavy atom. The van der Waals surface area contributed by atoms with Crippen LogP contribution in [-0.2, 0) is 0 Å². The van der Waals surface area contributed by atoms with Crippen LogP contribution in [0.25, 0.3) is 129 Å². The quantitative estimate of drug-likeness (QED) is 0.131. The number of hydrogen-bond acceptors (Lipinski definition) is 10. The van der Waals surface area contributed by atoms with Gasteiger partial charge in [0.2, 0.25) is 5.95 Å². The number of para-hydroxylation sites is 1. The van der Waals surface area contributed by atoms with Crippen molar-refractivity contribution in [3.63, 3.8) is 0 Å². The Labute approximate surface area is 439 Å². The van der Waals surface area contributed by atoms with Crippen molar-refractivity contribution in [1.82, 2.24) is 34.5 Å². The van der Waals surface area contributed by atoms with E-state index in [1.54, 1.807) is 0 Å². The van der Waals surface area contributed by atoms with Crippen LogP contribution >= 0.6 is 0 Å². The zero-order valence-corrected chi connectivity index (χ0v) is 40.9. The highest BCUT2D eigenvalue weighted by molar-refractivity contribution is 6.17. The molecule has 0 radical (unpaired) electrons. The number of rotatable bonds is 10. The van der Waals surface area contributed by atoms with Crippen LogP contribution in [0.3, 0.4) is 0 Å². The minimum Gasteiger partial charge on any atom is -0.456 e. The van der Waals surface area contributed by atoms with Gasteiger partial charge in [-0.25, -0.2) is 9.97 Å². The van der Waals surface area contributed by atoms with E-state index in [1.807, 2.05) is 170 Å². The van der Waals surface area contributed by atoms with Crippen LogP contribution in [0, 0.1) is 0 Å². The fourth-order valence-electron chi connectivity index (χ4n) is 10.4. The average Bonchev–Trinajstić information content (AvgIpc) is 4.34. The summed E-state index contributed by atoms with van der Waals surface area (Å²) in [6, 6.07) is 75.3. The molecule has 8 heterocycles. The number of fused-ring (bicyclic) bond motifs is 7. The van der Waals surface area contributed by atoms with Crippen LogP contribution in [0.4, 0.5) is 17.2 Å². The lowest BCUT2D eigenvalue weighted by atomic mass is 10.1. The summed E-state index contributed by atoms with van der Waals surface area (Å²) in [6.07, 6.45) is 5.43. The number of anilines is 3. The minimum atomic E-state index is 0.517. The van der Waals surface area contributed by atoms with Gasteiger partial charge in [0, 0.05) is 103 Å². The molecule has 0 unspecified atom stereocenters. The zero-order chi connectivity index (χ0) is 50.8. The molecule has 11 nitrogen and oxygen atoms in total. The number of hydrogen-bond donors (Lipinski definition) is 0. The van der Waals surface area contributed by atoms with Gasteiger partial charge in [-0.2, -0.15) is 9.97 Å². The lowest BCUT2D eigenvalue weighted by molar-refractivity contribution is 0.622. The van der Waals surface area contributed by atoms with Crippen molar-refractivity contribution in [3.05, 3.63) is 243 Å². The van der Waals surface area contributed by atoms with Gasteiger partial charge in [-0.1, -0.05) is 115 Å². The molecule has 0 amide bonds. The van der Waals surface area contributed by atoms with Crippen LogP contribution in [0.5, 0.6) is 0 Å². The van der Waals surface area contributed by atoms with Crippen LogP contribution in [0.2, 0.25) is 0 Å². The first-order valence-corrected chi connectivity index (χ1v) is 25.2. The van der Waals surface area contributed by atoms with Crippen molar-refractivity contribution < 1.29 is 13.3 Å². The van der Waals surface area contributed by atoms with Gasteiger partial charge >= 0.3 is 0 Å². The molecule has 0 fully saturated rings. The van der Waals surface area contributed by atoms with E-state index in [4.69, 9.17) is 33.2 Å². The summed E-state index contributed by atoms with van der Waals surface area (Å²) in [5, 5.41) is 4.06. The van der Waals surface area contributed by atoms with E-state index in [0.717, 1.165) is 99.9 Å². The topological polar surface area (TPSA) is 125 Å². The number of benzene rings is 7. The molecule has 7 aromatic carbocycles. The van der Waals surface area contributed by atoms with Crippen molar-refractivity contribution in [1.29, 1.82) is 0 Å². The minimum absolute atomic E-state index is 0.517. The highest BCUT2D eigenvalue weighted by Crippen LogP contribution is 2.43. The lowest BCUT2D eigenvalue weighted by Gasteiger charge is -2.25. The summed E-state index contributed by atoms with van der Waals surface area (Å²) >= 11 is 0. The fraction of sp³-hybridized carbons (Fsp3) is 0. The van der Waals surface area contributed by atoms with Gasteiger partial charge in [-0.05, 0) is 91.0 Å². The Kier molecular flexibility index (Phi) is 10.2. The van der Waals surface area contributed by atoms with Gasteiger partial charge in [0.15, 0.2) is 22.8 Å². The van der Waals surface area contributed by atoms with E-state index in [-0.39, 0.29) is 0 Å². The SMILES string of the molecule is c1ccc(-c2nc(-c3ccccc3)nc(-n3c4ccccc4c4cc5c(cc43)oc3ccc(-c4cc6oc(-c7ccnc(N(c8cccc(-c9ccccn9)c8)c8cccc(-c9ccccn9)c8)c7)cc6o4)cc35)n2)cc1. The number of nitrogens with zero attached hydrogens (tertiary/aromatic N) is 8. The van der Waals surface area contributed by atoms with Crippen molar-refractivity contribution >= 4 is 72.1 Å². The molecule has 0 N–H and O–H groups in total. The monoisotopic (exact) mass is 992 g/mol. The first-order chi connectivity index (χ1) is 38.1. The molecule has 0 atom stereocenters. The number of aromatic nitrogens is 7. The van der Waals surface area contributed by atoms with Gasteiger partial charge in [0.1, 0.15) is 28.5 Å². The highest BCUT2D eigenvalue weighted by atomic mass is 16.4. The van der Waals surface area contributed by atoms with E-state index in [0.29, 0.717) is 46.1 Å². The number of furan rings is 3. The maximum Gasteiger partial charge on any atom is 0.238 e. The Balaban J connectivity index is 0.790. The van der Waals surface area contributed by atoms with Crippen LogP contribution in [-0.4, -0.2) is 34.5 Å². The molecule has 11 heteroatoms. The normalized spacial score (nSPS) is 11.6. The Hall–Kier alpha value is -10.8. The summed E-state index contributed by atoms with van der Waals surface area (Å²) in [4.78, 5) is 31.6. The molecular weight excluding hydrogens is 953 g/mol. The maximum atomic E-state index is 6.64. The van der Waals surface area contributed by atoms with Crippen molar-refractivity contribution in [2.45, 2.75) is 0 Å². The smallest absolute Gasteiger partial charge is 0.238 e. The molecule has 0 aliphatic rings. The molecule has 362 valence electrons. The predicted molar refractivity (Wildman–Crippen MR) is 304 cm³/mol. The van der Waals surface area contributed by atoms with Crippen LogP contribution in [0.15, 0.2) is 256 Å². The van der Waals surface area contributed by atoms with Crippen molar-refractivity contribution in [2.24, 2.45) is 0 Å². The second kappa shape index (κ2) is 18.0. The predicted octanol–water partition coefficient (Wildman–Crippen LogP) is 16.9. The summed E-state index contributed by atoms with van der Waals surface area (Å²) in [7, 11) is 0. The Morgan fingerprint density at radius 1 is 0.325 bits per heavy atom. The summed E-state index contributed by atoms with van der Waals surface area (Å²) < 4.78 is 22.0. The van der Waals surface area contributed by atoms with E-state index in [1.165, 1.54) is 0 Å². The van der Waals surface area contributed by atoms with Gasteiger partial charge in [0.25, 0.3) is 0 Å². The third kappa shape index (κ3) is 7.77. The molecule has 15 rings (SSSR count). The molecule has 0 aliphatic heterocycles. The highest BCUT2D eigenvalue weighted by Gasteiger charge is 2.23. The largest absolute Gasteiger partial charge is 0.456 e. The van der Waals surface area contributed by atoms with Crippen LogP contribution in [0.1, 0.15) is 0 Å². The van der Waals surface area contributed by atoms with Gasteiger partial charge in [0.05, 0.1) is 22.4 Å². The van der Waals surface area contributed by atoms with E-state index >= 15 is 0 Å². The van der Waals surface area contributed by atoms with Crippen molar-refractivity contribution in [2.75, 3.05) is 4.90 Å². The molecule has 15 aromatic rings. The van der Waals surface area contributed by atoms with E-state index in [9.17, 15) is 0 Å². The second-order valence-electron chi connectivity index (χ2n) is 18.8. The fourth-order valence-corrected chi connectivity index (χ4v) is 10.4. The van der Waals surface area contributed by atoms with Gasteiger partial charge in [-0.3, -0.25) is 19.4 Å². The summed E-state index contributed by atoms with van der Waals surface area (Å²) in [5.74, 6) is 3.74. The molecule has 8 aromatic heterocycles. The number of pyridine rings is 3. The lowest BCUT2D eigenvalue weighted by Crippen LogP contribution is -2.12. The standard InChI is InChI=1S/C66H40N8O3/c1-3-15-41(16-4-1)64-70-65(42-17-5-2-6-18-42)72-66(71-64)74-55-26-8-7-23-49(55)50-37-52-51-35-45(27-28-57(51)75-60(52)38-56(50)74)58-39-61-62(76-58)40-59(77-61)46-29-32-69-63(36-46)73(47-21-13-19-43(33-47)53-24-9-11-30-67-53)48-22-14-20-44(34-48)54-25-10-12-31-68-54/h1-40H. The van der Waals surface area contributed by atoms with Crippen LogP contribution < -0.4 is 4.90 Å². The zero-order valence-electron chi connectivity index (χ0n) is 40.9. The van der Waals surface area contributed by atoms with E-state index in [2.05, 4.69) is 92.2 Å². The molecule has 0 saturated heterocycles. The summed E-state index contributed by atoms with van der Waals surface area (Å²) in [6.45, 7) is 0. The third-order valence-electron chi connectivity index (χ3n) is 14.0. The molecule has 0 aliphatic carbocycles. The molecule has 77 heavy (non-hydrogen) atoms. The average molecular weight is 993 g/mol. The first-order valence-electron chi connectivity index (χ1n) is 25.2. The first kappa shape index (κ1) is 43.8. The molecule has 0 bridgehead atoms. The Morgan fingerprint density at radius 2 is 0.909 bits per heavy atom. The van der Waals surface area contributed by atoms with Gasteiger partial charge < -0.3 is 13.3 Å².